The summed E-state index contributed by atoms with van der Waals surface area (Å²) in [5, 5.41) is 7.10. The van der Waals surface area contributed by atoms with E-state index in [1.807, 2.05) is 0 Å². The minimum absolute atomic E-state index is 0. The van der Waals surface area contributed by atoms with E-state index in [4.69, 9.17) is 10.3 Å². The highest BCUT2D eigenvalue weighted by Crippen LogP contribution is 2.13. The van der Waals surface area contributed by atoms with Crippen molar-refractivity contribution in [3.8, 4) is 0 Å². The molecule has 1 aliphatic rings. The number of halogens is 1. The molecule has 0 bridgehead atoms. The molecule has 0 atom stereocenters. The number of benzene rings is 1. The van der Waals surface area contributed by atoms with Crippen LogP contribution in [-0.4, -0.2) is 40.1 Å². The van der Waals surface area contributed by atoms with Gasteiger partial charge in [-0.3, -0.25) is 4.90 Å². The second-order valence-corrected chi connectivity index (χ2v) is 6.11. The van der Waals surface area contributed by atoms with Gasteiger partial charge in [0.05, 0.1) is 0 Å². The van der Waals surface area contributed by atoms with Gasteiger partial charge in [0, 0.05) is 32.6 Å². The van der Waals surface area contributed by atoms with E-state index in [9.17, 15) is 0 Å². The first kappa shape index (κ1) is 19.6. The third-order valence-corrected chi connectivity index (χ3v) is 4.15. The van der Waals surface area contributed by atoms with Crippen molar-refractivity contribution in [3.05, 3.63) is 47.6 Å². The lowest BCUT2D eigenvalue weighted by molar-refractivity contribution is 0.199. The number of aryl methyl sites for hydroxylation is 1. The lowest BCUT2D eigenvalue weighted by Gasteiger charge is -2.32. The Hall–Kier alpha value is -1.68. The Kier molecular flexibility index (Phi) is 7.63. The van der Waals surface area contributed by atoms with Crippen LogP contribution in [0.4, 0.5) is 0 Å². The summed E-state index contributed by atoms with van der Waals surface area (Å²) in [5.41, 5.74) is 7.32. The lowest BCUT2D eigenvalue weighted by atomic mass is 10.0. The van der Waals surface area contributed by atoms with Crippen molar-refractivity contribution < 1.29 is 4.52 Å². The standard InChI is InChI=1S/C17H24N6O.HI/c1-13-20-16(22-24-13)11-19-17(18)21-15-7-9-23(10-8-15)12-14-5-3-2-4-6-14;/h2-6,15H,7-12H2,1H3,(H3,18,19,21);1H. The molecule has 0 amide bonds. The van der Waals surface area contributed by atoms with Crippen LogP contribution in [-0.2, 0) is 13.1 Å². The summed E-state index contributed by atoms with van der Waals surface area (Å²) in [5.74, 6) is 1.53. The summed E-state index contributed by atoms with van der Waals surface area (Å²) in [6.07, 6.45) is 2.12. The summed E-state index contributed by atoms with van der Waals surface area (Å²) in [6.45, 7) is 5.22. The predicted octanol–water partition coefficient (Wildman–Crippen LogP) is 2.06. The minimum Gasteiger partial charge on any atom is -0.370 e. The van der Waals surface area contributed by atoms with Gasteiger partial charge >= 0.3 is 0 Å². The monoisotopic (exact) mass is 456 g/mol. The lowest BCUT2D eigenvalue weighted by Crippen LogP contribution is -2.46. The summed E-state index contributed by atoms with van der Waals surface area (Å²) >= 11 is 0. The molecule has 25 heavy (non-hydrogen) atoms. The molecule has 0 saturated carbocycles. The van der Waals surface area contributed by atoms with Crippen molar-refractivity contribution in [1.29, 1.82) is 0 Å². The second-order valence-electron chi connectivity index (χ2n) is 6.11. The molecule has 1 saturated heterocycles. The fourth-order valence-electron chi connectivity index (χ4n) is 2.89. The topological polar surface area (TPSA) is 92.6 Å². The number of hydrogen-bond acceptors (Lipinski definition) is 5. The number of rotatable bonds is 5. The Labute approximate surface area is 165 Å². The number of aromatic nitrogens is 2. The van der Waals surface area contributed by atoms with E-state index in [0.29, 0.717) is 30.3 Å². The molecule has 7 nitrogen and oxygen atoms in total. The fraction of sp³-hybridized carbons (Fsp3) is 0.471. The van der Waals surface area contributed by atoms with Gasteiger partial charge in [-0.15, -0.1) is 24.0 Å². The molecule has 0 spiro atoms. The first-order valence-corrected chi connectivity index (χ1v) is 8.31. The van der Waals surface area contributed by atoms with Crippen LogP contribution in [0.25, 0.3) is 0 Å². The number of nitrogens with zero attached hydrogens (tertiary/aromatic N) is 4. The molecule has 1 aromatic carbocycles. The zero-order chi connectivity index (χ0) is 16.8. The van der Waals surface area contributed by atoms with Crippen LogP contribution in [0.3, 0.4) is 0 Å². The van der Waals surface area contributed by atoms with Gasteiger partial charge in [-0.2, -0.15) is 4.98 Å². The molecular formula is C17H25IN6O. The zero-order valence-electron chi connectivity index (χ0n) is 14.4. The van der Waals surface area contributed by atoms with Crippen LogP contribution in [0.5, 0.6) is 0 Å². The van der Waals surface area contributed by atoms with Crippen molar-refractivity contribution in [2.45, 2.75) is 38.9 Å². The third-order valence-electron chi connectivity index (χ3n) is 4.15. The number of aliphatic imine (C=N–C) groups is 1. The number of hydrogen-bond donors (Lipinski definition) is 2. The van der Waals surface area contributed by atoms with Crippen molar-refractivity contribution in [1.82, 2.24) is 20.4 Å². The molecule has 1 fully saturated rings. The van der Waals surface area contributed by atoms with E-state index in [0.717, 1.165) is 32.5 Å². The van der Waals surface area contributed by atoms with Gasteiger partial charge in [-0.1, -0.05) is 35.5 Å². The number of nitrogens with one attached hydrogen (secondary N) is 1. The van der Waals surface area contributed by atoms with Crippen LogP contribution in [0.15, 0.2) is 39.8 Å². The molecule has 136 valence electrons. The van der Waals surface area contributed by atoms with Gasteiger partial charge in [-0.25, -0.2) is 4.99 Å². The Morgan fingerprint density at radius 3 is 2.68 bits per heavy atom. The minimum atomic E-state index is 0. The van der Waals surface area contributed by atoms with Gasteiger partial charge in [-0.05, 0) is 18.4 Å². The van der Waals surface area contributed by atoms with E-state index in [-0.39, 0.29) is 24.0 Å². The average molecular weight is 456 g/mol. The first-order valence-electron chi connectivity index (χ1n) is 8.31. The number of guanidine groups is 1. The zero-order valence-corrected chi connectivity index (χ0v) is 16.7. The van der Waals surface area contributed by atoms with E-state index in [1.165, 1.54) is 5.56 Å². The molecular weight excluding hydrogens is 431 g/mol. The van der Waals surface area contributed by atoms with Gasteiger partial charge in [0.25, 0.3) is 0 Å². The molecule has 0 aliphatic carbocycles. The van der Waals surface area contributed by atoms with E-state index in [1.54, 1.807) is 6.92 Å². The maximum atomic E-state index is 5.96. The predicted molar refractivity (Wildman–Crippen MR) is 108 cm³/mol. The Morgan fingerprint density at radius 2 is 2.04 bits per heavy atom. The van der Waals surface area contributed by atoms with Gasteiger partial charge in [0.2, 0.25) is 5.89 Å². The van der Waals surface area contributed by atoms with Crippen molar-refractivity contribution in [3.63, 3.8) is 0 Å². The summed E-state index contributed by atoms with van der Waals surface area (Å²) in [4.78, 5) is 10.9. The van der Waals surface area contributed by atoms with Gasteiger partial charge in [0.15, 0.2) is 11.8 Å². The normalized spacial score (nSPS) is 16.4. The SMILES string of the molecule is Cc1nc(CN=C(N)NC2CCN(Cc3ccccc3)CC2)no1.I. The smallest absolute Gasteiger partial charge is 0.223 e. The number of piperidine rings is 1. The number of nitrogens with two attached hydrogens (primary N) is 1. The Morgan fingerprint density at radius 1 is 1.32 bits per heavy atom. The largest absolute Gasteiger partial charge is 0.370 e. The highest BCUT2D eigenvalue weighted by molar-refractivity contribution is 14.0. The van der Waals surface area contributed by atoms with Crippen molar-refractivity contribution in [2.24, 2.45) is 10.7 Å². The van der Waals surface area contributed by atoms with E-state index >= 15 is 0 Å². The van der Waals surface area contributed by atoms with E-state index in [2.05, 4.69) is 55.7 Å². The molecule has 2 heterocycles. The maximum absolute atomic E-state index is 5.96. The van der Waals surface area contributed by atoms with Crippen LogP contribution in [0.1, 0.15) is 30.1 Å². The summed E-state index contributed by atoms with van der Waals surface area (Å²) in [7, 11) is 0. The van der Waals surface area contributed by atoms with Crippen LogP contribution in [0.2, 0.25) is 0 Å². The summed E-state index contributed by atoms with van der Waals surface area (Å²) < 4.78 is 4.91. The van der Waals surface area contributed by atoms with Crippen molar-refractivity contribution >= 4 is 29.9 Å². The second kappa shape index (κ2) is 9.71. The molecule has 1 aliphatic heterocycles. The Bertz CT molecular complexity index is 667. The molecule has 3 rings (SSSR count). The molecule has 8 heteroatoms. The maximum Gasteiger partial charge on any atom is 0.223 e. The van der Waals surface area contributed by atoms with Crippen LogP contribution >= 0.6 is 24.0 Å². The number of likely N-dealkylation sites (tertiary alicyclic amines) is 1. The molecule has 0 unspecified atom stereocenters. The van der Waals surface area contributed by atoms with Gasteiger partial charge in [0.1, 0.15) is 6.54 Å². The molecule has 3 N–H and O–H groups in total. The quantitative estimate of drug-likeness (QED) is 0.407. The molecule has 1 aromatic heterocycles. The van der Waals surface area contributed by atoms with Crippen LogP contribution in [0, 0.1) is 6.92 Å². The molecule has 0 radical (unpaired) electrons. The average Bonchev–Trinajstić information content (AvgIpc) is 3.01. The van der Waals surface area contributed by atoms with Crippen molar-refractivity contribution in [2.75, 3.05) is 13.1 Å². The third kappa shape index (κ3) is 6.28. The molecule has 2 aromatic rings. The Balaban J connectivity index is 0.00000225. The van der Waals surface area contributed by atoms with Crippen LogP contribution < -0.4 is 11.1 Å². The van der Waals surface area contributed by atoms with Gasteiger partial charge < -0.3 is 15.6 Å². The first-order chi connectivity index (χ1) is 11.7. The van der Waals surface area contributed by atoms with E-state index < -0.39 is 0 Å². The fourth-order valence-corrected chi connectivity index (χ4v) is 2.89. The summed E-state index contributed by atoms with van der Waals surface area (Å²) in [6, 6.07) is 11.0. The highest BCUT2D eigenvalue weighted by atomic mass is 127. The highest BCUT2D eigenvalue weighted by Gasteiger charge is 2.19.